The van der Waals surface area contributed by atoms with E-state index in [2.05, 4.69) is 5.32 Å². The number of benzene rings is 1. The van der Waals surface area contributed by atoms with Gasteiger partial charge in [0.25, 0.3) is 0 Å². The molecule has 3 atom stereocenters. The minimum atomic E-state index is -4.68. The molecule has 0 bridgehead atoms. The fraction of sp³-hybridized carbons (Fsp3) is 0.545. The summed E-state index contributed by atoms with van der Waals surface area (Å²) in [5.41, 5.74) is -0.681. The summed E-state index contributed by atoms with van der Waals surface area (Å²) < 4.78 is 47.4. The molecule has 1 aliphatic rings. The summed E-state index contributed by atoms with van der Waals surface area (Å²) in [5.74, 6) is -0.374. The molecule has 0 spiro atoms. The molecular formula is C22H27F3N2O3. The van der Waals surface area contributed by atoms with Crippen molar-refractivity contribution in [3.63, 3.8) is 0 Å². The average molecular weight is 424 g/mol. The topological polar surface area (TPSA) is 60.3 Å². The number of carbonyl (C=O) groups is 1. The molecule has 1 saturated carbocycles. The Kier molecular flexibility index (Phi) is 6.55. The lowest BCUT2D eigenvalue weighted by molar-refractivity contribution is -0.143. The van der Waals surface area contributed by atoms with Crippen molar-refractivity contribution in [1.82, 2.24) is 9.88 Å². The molecule has 1 aromatic carbocycles. The van der Waals surface area contributed by atoms with Crippen molar-refractivity contribution in [2.24, 2.45) is 5.92 Å². The van der Waals surface area contributed by atoms with Crippen LogP contribution in [-0.4, -0.2) is 29.7 Å². The van der Waals surface area contributed by atoms with E-state index >= 15 is 0 Å². The van der Waals surface area contributed by atoms with Crippen LogP contribution in [0.25, 0.3) is 10.9 Å². The molecule has 0 unspecified atom stereocenters. The largest absolute Gasteiger partial charge is 0.431 e. The number of carbonyl (C=O) groups excluding carboxylic acids is 1. The number of methoxy groups -OCH3 is 1. The minimum absolute atomic E-state index is 0.0350. The lowest BCUT2D eigenvalue weighted by atomic mass is 9.86. The van der Waals surface area contributed by atoms with Crippen molar-refractivity contribution in [2.45, 2.75) is 64.4 Å². The summed E-state index contributed by atoms with van der Waals surface area (Å²) in [5, 5.41) is 3.08. The number of rotatable bonds is 5. The van der Waals surface area contributed by atoms with Crippen LogP contribution in [0.3, 0.4) is 0 Å². The third kappa shape index (κ3) is 4.86. The van der Waals surface area contributed by atoms with Gasteiger partial charge in [-0.2, -0.15) is 13.2 Å². The van der Waals surface area contributed by atoms with Gasteiger partial charge >= 0.3 is 6.18 Å². The third-order valence-electron chi connectivity index (χ3n) is 5.73. The molecule has 5 nitrogen and oxygen atoms in total. The second kappa shape index (κ2) is 8.79. The predicted molar refractivity (Wildman–Crippen MR) is 108 cm³/mol. The van der Waals surface area contributed by atoms with E-state index in [-0.39, 0.29) is 35.4 Å². The number of amides is 1. The van der Waals surface area contributed by atoms with E-state index < -0.39 is 23.3 Å². The number of alkyl halides is 3. The summed E-state index contributed by atoms with van der Waals surface area (Å²) in [6.45, 7) is 3.36. The van der Waals surface area contributed by atoms with E-state index in [1.807, 2.05) is 0 Å². The summed E-state index contributed by atoms with van der Waals surface area (Å²) >= 11 is 0. The Labute approximate surface area is 173 Å². The van der Waals surface area contributed by atoms with Gasteiger partial charge in [0, 0.05) is 37.1 Å². The number of fused-ring (bicyclic) bond motifs is 1. The van der Waals surface area contributed by atoms with Crippen molar-refractivity contribution < 1.29 is 22.7 Å². The molecule has 8 heteroatoms. The highest BCUT2D eigenvalue weighted by Gasteiger charge is 2.35. The maximum atomic E-state index is 13.7. The van der Waals surface area contributed by atoms with Crippen LogP contribution in [0.2, 0.25) is 0 Å². The number of nitrogens with zero attached hydrogens (tertiary/aromatic N) is 1. The van der Waals surface area contributed by atoms with Gasteiger partial charge in [-0.3, -0.25) is 9.59 Å². The Morgan fingerprint density at radius 1 is 1.30 bits per heavy atom. The van der Waals surface area contributed by atoms with Crippen molar-refractivity contribution in [3.05, 3.63) is 45.7 Å². The number of aromatic nitrogens is 1. The van der Waals surface area contributed by atoms with Gasteiger partial charge in [-0.05, 0) is 45.2 Å². The highest BCUT2D eigenvalue weighted by atomic mass is 19.4. The first-order valence-electron chi connectivity index (χ1n) is 10.1. The van der Waals surface area contributed by atoms with E-state index in [1.54, 1.807) is 33.1 Å². The zero-order chi connectivity index (χ0) is 22.1. The van der Waals surface area contributed by atoms with E-state index in [9.17, 15) is 22.8 Å². The van der Waals surface area contributed by atoms with Gasteiger partial charge in [0.15, 0.2) is 5.43 Å². The monoisotopic (exact) mass is 424 g/mol. The quantitative estimate of drug-likeness (QED) is 0.788. The Hall–Kier alpha value is -2.35. The van der Waals surface area contributed by atoms with Gasteiger partial charge in [-0.25, -0.2) is 0 Å². The van der Waals surface area contributed by atoms with Crippen molar-refractivity contribution in [3.8, 4) is 0 Å². The summed E-state index contributed by atoms with van der Waals surface area (Å²) in [6.07, 6.45) is -1.50. The molecule has 0 radical (unpaired) electrons. The molecular weight excluding hydrogens is 397 g/mol. The molecule has 164 valence electrons. The van der Waals surface area contributed by atoms with Gasteiger partial charge in [0.1, 0.15) is 5.69 Å². The molecule has 3 rings (SSSR count). The molecule has 0 aliphatic heterocycles. The van der Waals surface area contributed by atoms with Gasteiger partial charge in [-0.15, -0.1) is 0 Å². The zero-order valence-electron chi connectivity index (χ0n) is 17.4. The molecule has 1 amide bonds. The minimum Gasteiger partial charge on any atom is -0.381 e. The molecule has 1 aromatic heterocycles. The van der Waals surface area contributed by atoms with Crippen molar-refractivity contribution in [2.75, 3.05) is 7.11 Å². The number of ether oxygens (including phenoxy) is 1. The van der Waals surface area contributed by atoms with E-state index in [4.69, 9.17) is 4.74 Å². The lowest BCUT2D eigenvalue weighted by Crippen LogP contribution is -2.42. The highest BCUT2D eigenvalue weighted by molar-refractivity contribution is 5.81. The number of aryl methyl sites for hydroxylation is 1. The Bertz CT molecular complexity index is 984. The van der Waals surface area contributed by atoms with E-state index in [0.717, 1.165) is 29.4 Å². The molecule has 0 saturated heterocycles. The van der Waals surface area contributed by atoms with Gasteiger partial charge in [-0.1, -0.05) is 18.1 Å². The van der Waals surface area contributed by atoms with Crippen LogP contribution in [-0.2, 0) is 22.3 Å². The van der Waals surface area contributed by atoms with Gasteiger partial charge < -0.3 is 14.6 Å². The molecule has 1 fully saturated rings. The first kappa shape index (κ1) is 22.3. The second-order valence-electron chi connectivity index (χ2n) is 8.15. The Morgan fingerprint density at radius 3 is 2.70 bits per heavy atom. The van der Waals surface area contributed by atoms with E-state index in [1.165, 1.54) is 6.07 Å². The summed E-state index contributed by atoms with van der Waals surface area (Å²) in [7, 11) is 1.62. The summed E-state index contributed by atoms with van der Waals surface area (Å²) in [4.78, 5) is 24.9. The van der Waals surface area contributed by atoms with Crippen LogP contribution >= 0.6 is 0 Å². The zero-order valence-corrected chi connectivity index (χ0v) is 17.4. The van der Waals surface area contributed by atoms with Crippen LogP contribution in [0.4, 0.5) is 13.2 Å². The highest BCUT2D eigenvalue weighted by Crippen LogP contribution is 2.31. The number of halogens is 3. The second-order valence-corrected chi connectivity index (χ2v) is 8.15. The van der Waals surface area contributed by atoms with Gasteiger partial charge in [0.2, 0.25) is 5.91 Å². The smallest absolute Gasteiger partial charge is 0.381 e. The Morgan fingerprint density at radius 2 is 2.03 bits per heavy atom. The molecule has 1 N–H and O–H groups in total. The number of hydrogen-bond donors (Lipinski definition) is 1. The molecule has 1 heterocycles. The number of nitrogens with one attached hydrogen (secondary N) is 1. The number of pyridine rings is 1. The predicted octanol–water partition coefficient (Wildman–Crippen LogP) is 4.04. The fourth-order valence-corrected chi connectivity index (χ4v) is 4.20. The maximum Gasteiger partial charge on any atom is 0.431 e. The third-order valence-corrected chi connectivity index (χ3v) is 5.73. The molecule has 2 aromatic rings. The normalized spacial score (nSPS) is 20.9. The number of hydrogen-bond acceptors (Lipinski definition) is 3. The fourth-order valence-electron chi connectivity index (χ4n) is 4.20. The Balaban J connectivity index is 1.87. The van der Waals surface area contributed by atoms with Crippen LogP contribution in [0, 0.1) is 12.8 Å². The van der Waals surface area contributed by atoms with Crippen LogP contribution in [0.5, 0.6) is 0 Å². The van der Waals surface area contributed by atoms with Gasteiger partial charge in [0.05, 0.1) is 11.6 Å². The van der Waals surface area contributed by atoms with Crippen LogP contribution in [0.1, 0.15) is 43.9 Å². The molecule has 1 aliphatic carbocycles. The van der Waals surface area contributed by atoms with E-state index in [0.29, 0.717) is 12.5 Å². The average Bonchev–Trinajstić information content (AvgIpc) is 2.69. The van der Waals surface area contributed by atoms with Crippen LogP contribution in [0.15, 0.2) is 29.1 Å². The summed E-state index contributed by atoms with van der Waals surface area (Å²) in [6, 6.07) is 4.88. The first-order valence-corrected chi connectivity index (χ1v) is 10.1. The SMILES string of the molecule is CO[C@@H]1CCC[C@@H](C(=O)N[C@H](C)Cn2c(C(F)(F)F)cc(=O)c3cc(C)ccc32)C1. The van der Waals surface area contributed by atoms with Crippen molar-refractivity contribution in [1.29, 1.82) is 0 Å². The van der Waals surface area contributed by atoms with Crippen LogP contribution < -0.4 is 10.7 Å². The maximum absolute atomic E-state index is 13.7. The van der Waals surface area contributed by atoms with Crippen molar-refractivity contribution >= 4 is 16.8 Å². The standard InChI is InChI=1S/C22H27F3N2O3/c1-13-7-8-18-17(9-13)19(28)11-20(22(23,24)25)27(18)12-14(2)26-21(29)15-5-4-6-16(10-15)30-3/h7-9,11,14-16H,4-6,10,12H2,1-3H3,(H,26,29)/t14-,15-,16-/m1/s1. The lowest BCUT2D eigenvalue weighted by Gasteiger charge is -2.29. The first-order chi connectivity index (χ1) is 14.1. The molecule has 30 heavy (non-hydrogen) atoms.